The fraction of sp³-hybridized carbons (Fsp3) is 0.200. The van der Waals surface area contributed by atoms with Crippen molar-refractivity contribution in [1.82, 2.24) is 10.3 Å². The summed E-state index contributed by atoms with van der Waals surface area (Å²) in [5.41, 5.74) is 2.47. The second kappa shape index (κ2) is 6.86. The first kappa shape index (κ1) is 15.0. The molecule has 20 heavy (non-hydrogen) atoms. The largest absolute Gasteiger partial charge is 0.346 e. The van der Waals surface area contributed by atoms with Crippen molar-refractivity contribution in [3.05, 3.63) is 62.8 Å². The van der Waals surface area contributed by atoms with Gasteiger partial charge in [0, 0.05) is 10.7 Å². The van der Waals surface area contributed by atoms with E-state index < -0.39 is 0 Å². The van der Waals surface area contributed by atoms with Crippen LogP contribution in [0.4, 0.5) is 0 Å². The number of carbonyl (C=O) groups is 1. The molecular weight excluding hydrogens is 340 g/mol. The maximum absolute atomic E-state index is 12.1. The van der Waals surface area contributed by atoms with Gasteiger partial charge in [-0.25, -0.2) is 0 Å². The van der Waals surface area contributed by atoms with Crippen LogP contribution in [0, 0.1) is 0 Å². The second-order valence-electron chi connectivity index (χ2n) is 4.27. The maximum atomic E-state index is 12.1. The Morgan fingerprint density at radius 1 is 1.40 bits per heavy atom. The van der Waals surface area contributed by atoms with Crippen LogP contribution in [0.1, 0.15) is 28.5 Å². The van der Waals surface area contributed by atoms with Gasteiger partial charge in [0.1, 0.15) is 0 Å². The lowest BCUT2D eigenvalue weighted by atomic mass is 10.1. The number of hydrogen-bond donors (Lipinski definition) is 1. The Bertz CT molecular complexity index is 631. The molecule has 0 bridgehead atoms. The van der Waals surface area contributed by atoms with Crippen molar-refractivity contribution in [3.63, 3.8) is 0 Å². The van der Waals surface area contributed by atoms with Crippen molar-refractivity contribution in [3.8, 4) is 0 Å². The Labute approximate surface area is 131 Å². The minimum Gasteiger partial charge on any atom is -0.346 e. The number of amides is 1. The third kappa shape index (κ3) is 3.58. The Kier molecular flexibility index (Phi) is 5.15. The van der Waals surface area contributed by atoms with E-state index in [2.05, 4.69) is 33.2 Å². The molecule has 0 fully saturated rings. The molecule has 0 saturated heterocycles. The van der Waals surface area contributed by atoms with Gasteiger partial charge in [0.2, 0.25) is 0 Å². The molecule has 1 amide bonds. The van der Waals surface area contributed by atoms with Crippen LogP contribution in [0.5, 0.6) is 0 Å². The van der Waals surface area contributed by atoms with Gasteiger partial charge in [-0.2, -0.15) is 0 Å². The number of nitrogens with zero attached hydrogens (tertiary/aromatic N) is 1. The second-order valence-corrected chi connectivity index (χ2v) is 5.59. The topological polar surface area (TPSA) is 42.0 Å². The van der Waals surface area contributed by atoms with Gasteiger partial charge in [-0.1, -0.05) is 40.5 Å². The van der Waals surface area contributed by atoms with Gasteiger partial charge in [0.15, 0.2) is 0 Å². The highest BCUT2D eigenvalue weighted by molar-refractivity contribution is 9.10. The van der Waals surface area contributed by atoms with Gasteiger partial charge in [0.05, 0.1) is 22.8 Å². The summed E-state index contributed by atoms with van der Waals surface area (Å²) in [6.45, 7) is 2.46. The van der Waals surface area contributed by atoms with E-state index in [-0.39, 0.29) is 5.91 Å². The number of pyridine rings is 1. The average molecular weight is 354 g/mol. The monoisotopic (exact) mass is 352 g/mol. The van der Waals surface area contributed by atoms with E-state index in [1.807, 2.05) is 12.1 Å². The number of rotatable bonds is 4. The van der Waals surface area contributed by atoms with Gasteiger partial charge in [0.25, 0.3) is 5.91 Å². The van der Waals surface area contributed by atoms with E-state index in [0.717, 1.165) is 22.2 Å². The molecule has 1 heterocycles. The minimum absolute atomic E-state index is 0.205. The number of halogens is 2. The van der Waals surface area contributed by atoms with Crippen LogP contribution in [-0.2, 0) is 13.0 Å². The normalized spacial score (nSPS) is 10.3. The summed E-state index contributed by atoms with van der Waals surface area (Å²) >= 11 is 9.37. The van der Waals surface area contributed by atoms with Gasteiger partial charge in [-0.3, -0.25) is 9.78 Å². The van der Waals surface area contributed by atoms with Crippen molar-refractivity contribution < 1.29 is 4.79 Å². The minimum atomic E-state index is -0.205. The standard InChI is InChI=1S/C15H14BrClN2O/c1-2-10-4-3-7-18-14(10)9-19-15(20)12-8-11(16)5-6-13(12)17/h3-8H,2,9H2,1H3,(H,19,20). The molecule has 0 aliphatic rings. The number of nitrogens with one attached hydrogen (secondary N) is 1. The first-order valence-electron chi connectivity index (χ1n) is 6.28. The summed E-state index contributed by atoms with van der Waals surface area (Å²) in [7, 11) is 0. The van der Waals surface area contributed by atoms with Gasteiger partial charge < -0.3 is 5.32 Å². The van der Waals surface area contributed by atoms with Crippen molar-refractivity contribution in [2.75, 3.05) is 0 Å². The van der Waals surface area contributed by atoms with Crippen molar-refractivity contribution in [2.24, 2.45) is 0 Å². The number of aromatic nitrogens is 1. The smallest absolute Gasteiger partial charge is 0.253 e. The lowest BCUT2D eigenvalue weighted by molar-refractivity contribution is 0.0950. The number of carbonyl (C=O) groups excluding carboxylic acids is 1. The summed E-state index contributed by atoms with van der Waals surface area (Å²) in [4.78, 5) is 16.4. The lowest BCUT2D eigenvalue weighted by Gasteiger charge is -2.09. The molecule has 0 unspecified atom stereocenters. The molecule has 3 nitrogen and oxygen atoms in total. The molecule has 1 aromatic carbocycles. The summed E-state index contributed by atoms with van der Waals surface area (Å²) in [5.74, 6) is -0.205. The van der Waals surface area contributed by atoms with E-state index in [1.54, 1.807) is 24.4 Å². The Hall–Kier alpha value is -1.39. The first-order chi connectivity index (χ1) is 9.61. The van der Waals surface area contributed by atoms with Crippen LogP contribution >= 0.6 is 27.5 Å². The van der Waals surface area contributed by atoms with Crippen LogP contribution < -0.4 is 5.32 Å². The first-order valence-corrected chi connectivity index (χ1v) is 7.45. The molecule has 2 rings (SSSR count). The number of hydrogen-bond acceptors (Lipinski definition) is 2. The number of benzene rings is 1. The Morgan fingerprint density at radius 3 is 2.95 bits per heavy atom. The van der Waals surface area contributed by atoms with E-state index in [9.17, 15) is 4.79 Å². The van der Waals surface area contributed by atoms with Gasteiger partial charge in [-0.05, 0) is 36.2 Å². The number of aryl methyl sites for hydroxylation is 1. The molecule has 5 heteroatoms. The maximum Gasteiger partial charge on any atom is 0.253 e. The SMILES string of the molecule is CCc1cccnc1CNC(=O)c1cc(Br)ccc1Cl. The summed E-state index contributed by atoms with van der Waals surface area (Å²) in [6, 6.07) is 9.11. The van der Waals surface area contributed by atoms with E-state index >= 15 is 0 Å². The molecule has 2 aromatic rings. The van der Waals surface area contributed by atoms with Gasteiger partial charge >= 0.3 is 0 Å². The predicted molar refractivity (Wildman–Crippen MR) is 83.9 cm³/mol. The molecule has 0 spiro atoms. The van der Waals surface area contributed by atoms with Gasteiger partial charge in [-0.15, -0.1) is 0 Å². The molecule has 0 atom stereocenters. The zero-order valence-corrected chi connectivity index (χ0v) is 13.3. The predicted octanol–water partition coefficient (Wildman–Crippen LogP) is 3.99. The third-order valence-corrected chi connectivity index (χ3v) is 3.78. The van der Waals surface area contributed by atoms with E-state index in [4.69, 9.17) is 11.6 Å². The van der Waals surface area contributed by atoms with Crippen LogP contribution in [0.2, 0.25) is 5.02 Å². The van der Waals surface area contributed by atoms with Crippen molar-refractivity contribution in [1.29, 1.82) is 0 Å². The molecule has 1 aromatic heterocycles. The van der Waals surface area contributed by atoms with Crippen LogP contribution in [0.3, 0.4) is 0 Å². The Balaban J connectivity index is 2.11. The molecular formula is C15H14BrClN2O. The van der Waals surface area contributed by atoms with Crippen LogP contribution in [0.15, 0.2) is 41.0 Å². The van der Waals surface area contributed by atoms with Crippen LogP contribution in [-0.4, -0.2) is 10.9 Å². The van der Waals surface area contributed by atoms with E-state index in [1.165, 1.54) is 0 Å². The fourth-order valence-electron chi connectivity index (χ4n) is 1.88. The summed E-state index contributed by atoms with van der Waals surface area (Å²) in [6.07, 6.45) is 2.61. The molecule has 104 valence electrons. The summed E-state index contributed by atoms with van der Waals surface area (Å²) < 4.78 is 0.819. The molecule has 0 saturated carbocycles. The average Bonchev–Trinajstić information content (AvgIpc) is 2.47. The zero-order chi connectivity index (χ0) is 14.5. The highest BCUT2D eigenvalue weighted by Gasteiger charge is 2.11. The van der Waals surface area contributed by atoms with Crippen molar-refractivity contribution >= 4 is 33.4 Å². The molecule has 0 aliphatic heterocycles. The molecule has 1 N–H and O–H groups in total. The zero-order valence-electron chi connectivity index (χ0n) is 11.0. The van der Waals surface area contributed by atoms with E-state index in [0.29, 0.717) is 17.1 Å². The highest BCUT2D eigenvalue weighted by Crippen LogP contribution is 2.21. The third-order valence-electron chi connectivity index (χ3n) is 2.95. The summed E-state index contributed by atoms with van der Waals surface area (Å²) in [5, 5.41) is 3.28. The molecule has 0 aliphatic carbocycles. The quantitative estimate of drug-likeness (QED) is 0.903. The Morgan fingerprint density at radius 2 is 2.20 bits per heavy atom. The molecule has 0 radical (unpaired) electrons. The van der Waals surface area contributed by atoms with Crippen molar-refractivity contribution in [2.45, 2.75) is 19.9 Å². The lowest BCUT2D eigenvalue weighted by Crippen LogP contribution is -2.24. The van der Waals surface area contributed by atoms with Crippen LogP contribution in [0.25, 0.3) is 0 Å². The highest BCUT2D eigenvalue weighted by atomic mass is 79.9. The fourth-order valence-corrected chi connectivity index (χ4v) is 2.45.